The quantitative estimate of drug-likeness (QED) is 0.652. The average Bonchev–Trinajstić information content (AvgIpc) is 3.37. The Labute approximate surface area is 171 Å². The van der Waals surface area contributed by atoms with E-state index in [1.54, 1.807) is 35.7 Å². The summed E-state index contributed by atoms with van der Waals surface area (Å²) < 4.78 is 32.1. The zero-order valence-corrected chi connectivity index (χ0v) is 17.0. The Morgan fingerprint density at radius 2 is 1.93 bits per heavy atom. The summed E-state index contributed by atoms with van der Waals surface area (Å²) in [7, 11) is -3.70. The van der Waals surface area contributed by atoms with Gasteiger partial charge in [0.2, 0.25) is 0 Å². The van der Waals surface area contributed by atoms with E-state index in [1.165, 1.54) is 10.4 Å². The van der Waals surface area contributed by atoms with Crippen LogP contribution in [0.4, 0.5) is 0 Å². The molecular weight excluding hydrogens is 426 g/mol. The molecule has 2 aromatic rings. The van der Waals surface area contributed by atoms with E-state index >= 15 is 0 Å². The first kappa shape index (κ1) is 20.7. The standard InChI is InChI=1S/C17H18ClN3O5S2/c18-13-5-2-1-4-12(13)10-19-16(22)17(23)20-11-14-21(7-8-26-14)28(24,25)15-6-3-9-27-15/h1-6,9,14H,7-8,10-11H2,(H,19,22)(H,20,23)/t14-/m0/s1. The predicted octanol–water partition coefficient (Wildman–Crippen LogP) is 1.18. The SMILES string of the molecule is O=C(NCc1ccccc1Cl)C(=O)NC[C@@H]1OCCN1S(=O)(=O)c1cccs1. The minimum atomic E-state index is -3.70. The van der Waals surface area contributed by atoms with Crippen molar-refractivity contribution in [1.29, 1.82) is 0 Å². The molecule has 11 heteroatoms. The Morgan fingerprint density at radius 3 is 2.64 bits per heavy atom. The molecule has 3 rings (SSSR count). The molecule has 0 saturated carbocycles. The van der Waals surface area contributed by atoms with Gasteiger partial charge in [0, 0.05) is 18.1 Å². The van der Waals surface area contributed by atoms with Gasteiger partial charge in [-0.3, -0.25) is 9.59 Å². The topological polar surface area (TPSA) is 105 Å². The minimum Gasteiger partial charge on any atom is -0.359 e. The van der Waals surface area contributed by atoms with E-state index in [0.29, 0.717) is 10.6 Å². The van der Waals surface area contributed by atoms with Gasteiger partial charge in [0.25, 0.3) is 10.0 Å². The second-order valence-electron chi connectivity index (χ2n) is 5.86. The zero-order chi connectivity index (χ0) is 20.1. The highest BCUT2D eigenvalue weighted by molar-refractivity contribution is 7.91. The molecule has 1 aromatic carbocycles. The van der Waals surface area contributed by atoms with Gasteiger partial charge < -0.3 is 15.4 Å². The number of carbonyl (C=O) groups excluding carboxylic acids is 2. The fourth-order valence-corrected chi connectivity index (χ4v) is 5.46. The molecule has 0 unspecified atom stereocenters. The highest BCUT2D eigenvalue weighted by Crippen LogP contribution is 2.25. The van der Waals surface area contributed by atoms with Crippen molar-refractivity contribution in [3.05, 3.63) is 52.4 Å². The lowest BCUT2D eigenvalue weighted by Crippen LogP contribution is -2.47. The van der Waals surface area contributed by atoms with E-state index in [0.717, 1.165) is 11.3 Å². The van der Waals surface area contributed by atoms with Crippen molar-refractivity contribution in [1.82, 2.24) is 14.9 Å². The van der Waals surface area contributed by atoms with Crippen LogP contribution in [0.2, 0.25) is 5.02 Å². The Kier molecular flexibility index (Phi) is 6.68. The molecule has 1 aliphatic rings. The van der Waals surface area contributed by atoms with E-state index < -0.39 is 28.1 Å². The van der Waals surface area contributed by atoms with E-state index in [-0.39, 0.29) is 30.5 Å². The molecule has 0 bridgehead atoms. The van der Waals surface area contributed by atoms with Crippen molar-refractivity contribution in [2.75, 3.05) is 19.7 Å². The van der Waals surface area contributed by atoms with Crippen LogP contribution >= 0.6 is 22.9 Å². The molecule has 2 N–H and O–H groups in total. The Balaban J connectivity index is 1.53. The number of nitrogens with zero attached hydrogens (tertiary/aromatic N) is 1. The highest BCUT2D eigenvalue weighted by atomic mass is 35.5. The van der Waals surface area contributed by atoms with Crippen LogP contribution in [0, 0.1) is 0 Å². The summed E-state index contributed by atoms with van der Waals surface area (Å²) in [6, 6.07) is 10.1. The molecule has 1 saturated heterocycles. The number of sulfonamides is 1. The molecule has 0 radical (unpaired) electrons. The van der Waals surface area contributed by atoms with Crippen LogP contribution in [0.25, 0.3) is 0 Å². The lowest BCUT2D eigenvalue weighted by molar-refractivity contribution is -0.139. The van der Waals surface area contributed by atoms with Crippen molar-refractivity contribution >= 4 is 44.8 Å². The van der Waals surface area contributed by atoms with Crippen LogP contribution in [-0.2, 0) is 30.9 Å². The van der Waals surface area contributed by atoms with Gasteiger partial charge in [-0.15, -0.1) is 11.3 Å². The van der Waals surface area contributed by atoms with Crippen molar-refractivity contribution < 1.29 is 22.7 Å². The predicted molar refractivity (Wildman–Crippen MR) is 104 cm³/mol. The van der Waals surface area contributed by atoms with Crippen molar-refractivity contribution in [3.8, 4) is 0 Å². The minimum absolute atomic E-state index is 0.102. The molecule has 1 aliphatic heterocycles. The van der Waals surface area contributed by atoms with E-state index in [9.17, 15) is 18.0 Å². The van der Waals surface area contributed by atoms with Gasteiger partial charge in [0.15, 0.2) is 0 Å². The fraction of sp³-hybridized carbons (Fsp3) is 0.294. The van der Waals surface area contributed by atoms with Crippen LogP contribution in [0.5, 0.6) is 0 Å². The van der Waals surface area contributed by atoms with Crippen LogP contribution in [0.3, 0.4) is 0 Å². The first-order valence-electron chi connectivity index (χ1n) is 8.36. The molecule has 1 fully saturated rings. The second-order valence-corrected chi connectivity index (χ2v) is 9.33. The number of carbonyl (C=O) groups is 2. The van der Waals surface area contributed by atoms with E-state index in [2.05, 4.69) is 10.6 Å². The first-order valence-corrected chi connectivity index (χ1v) is 11.1. The average molecular weight is 444 g/mol. The molecule has 1 atom stereocenters. The second kappa shape index (κ2) is 9.01. The fourth-order valence-electron chi connectivity index (χ4n) is 2.63. The number of hydrogen-bond acceptors (Lipinski definition) is 6. The third-order valence-electron chi connectivity index (χ3n) is 4.04. The third-order valence-corrected chi connectivity index (χ3v) is 7.67. The van der Waals surface area contributed by atoms with E-state index in [4.69, 9.17) is 16.3 Å². The lowest BCUT2D eigenvalue weighted by Gasteiger charge is -2.22. The summed E-state index contributed by atoms with van der Waals surface area (Å²) in [6.07, 6.45) is -0.868. The summed E-state index contributed by atoms with van der Waals surface area (Å²) in [5, 5.41) is 7.04. The number of amides is 2. The van der Waals surface area contributed by atoms with Gasteiger partial charge in [-0.1, -0.05) is 35.9 Å². The Morgan fingerprint density at radius 1 is 1.18 bits per heavy atom. The maximum absolute atomic E-state index is 12.6. The number of ether oxygens (including phenoxy) is 1. The van der Waals surface area contributed by atoms with E-state index in [1.807, 2.05) is 0 Å². The normalized spacial score (nSPS) is 17.4. The smallest absolute Gasteiger partial charge is 0.309 e. The molecule has 2 heterocycles. The number of hydrogen-bond donors (Lipinski definition) is 2. The van der Waals surface area contributed by atoms with Crippen LogP contribution in [-0.4, -0.2) is 50.5 Å². The lowest BCUT2D eigenvalue weighted by atomic mass is 10.2. The molecule has 0 aliphatic carbocycles. The molecular formula is C17H18ClN3O5S2. The van der Waals surface area contributed by atoms with Gasteiger partial charge in [0.1, 0.15) is 10.4 Å². The molecule has 28 heavy (non-hydrogen) atoms. The largest absolute Gasteiger partial charge is 0.359 e. The molecule has 1 aromatic heterocycles. The Bertz CT molecular complexity index is 949. The van der Waals surface area contributed by atoms with Crippen LogP contribution in [0.15, 0.2) is 46.0 Å². The number of thiophene rings is 1. The van der Waals surface area contributed by atoms with Crippen molar-refractivity contribution in [3.63, 3.8) is 0 Å². The number of benzene rings is 1. The summed E-state index contributed by atoms with van der Waals surface area (Å²) >= 11 is 7.11. The van der Waals surface area contributed by atoms with Gasteiger partial charge in [-0.05, 0) is 23.1 Å². The molecule has 2 amide bonds. The monoisotopic (exact) mass is 443 g/mol. The Hall–Kier alpha value is -1.98. The number of rotatable bonds is 6. The van der Waals surface area contributed by atoms with Gasteiger partial charge >= 0.3 is 11.8 Å². The zero-order valence-electron chi connectivity index (χ0n) is 14.6. The van der Waals surface area contributed by atoms with Gasteiger partial charge in [-0.25, -0.2) is 8.42 Å². The third kappa shape index (κ3) is 4.70. The van der Waals surface area contributed by atoms with Crippen LogP contribution in [0.1, 0.15) is 5.56 Å². The number of halogens is 1. The van der Waals surface area contributed by atoms with Gasteiger partial charge in [0.05, 0.1) is 13.2 Å². The molecule has 150 valence electrons. The van der Waals surface area contributed by atoms with Crippen LogP contribution < -0.4 is 10.6 Å². The summed E-state index contributed by atoms with van der Waals surface area (Å²) in [4.78, 5) is 24.0. The van der Waals surface area contributed by atoms with Crippen molar-refractivity contribution in [2.24, 2.45) is 0 Å². The summed E-state index contributed by atoms with van der Waals surface area (Å²) in [5.41, 5.74) is 0.678. The molecule has 0 spiro atoms. The number of nitrogens with one attached hydrogen (secondary N) is 2. The highest BCUT2D eigenvalue weighted by Gasteiger charge is 2.37. The summed E-state index contributed by atoms with van der Waals surface area (Å²) in [5.74, 6) is -1.72. The maximum atomic E-state index is 12.6. The summed E-state index contributed by atoms with van der Waals surface area (Å²) in [6.45, 7) is 0.358. The first-order chi connectivity index (χ1) is 13.4. The van der Waals surface area contributed by atoms with Gasteiger partial charge in [-0.2, -0.15) is 4.31 Å². The maximum Gasteiger partial charge on any atom is 0.309 e. The van der Waals surface area contributed by atoms with Crippen molar-refractivity contribution in [2.45, 2.75) is 17.0 Å². The molecule has 8 nitrogen and oxygen atoms in total.